The van der Waals surface area contributed by atoms with E-state index in [1.807, 2.05) is 0 Å². The maximum atomic E-state index is 11.4. The average molecular weight is 246 g/mol. The Bertz CT molecular complexity index is 407. The number of rotatable bonds is 7. The van der Waals surface area contributed by atoms with Crippen molar-refractivity contribution in [2.24, 2.45) is 0 Å². The lowest BCUT2D eigenvalue weighted by Crippen LogP contribution is -2.07. The highest BCUT2D eigenvalue weighted by Crippen LogP contribution is 2.07. The summed E-state index contributed by atoms with van der Waals surface area (Å²) in [4.78, 5) is 15.5. The van der Waals surface area contributed by atoms with Crippen LogP contribution in [-0.4, -0.2) is 24.1 Å². The number of esters is 1. The molecule has 1 aromatic rings. The molecule has 4 nitrogen and oxygen atoms in total. The van der Waals surface area contributed by atoms with Crippen molar-refractivity contribution >= 4 is 11.8 Å². The molecule has 0 spiro atoms. The topological polar surface area (TPSA) is 51.2 Å². The molecule has 0 aliphatic heterocycles. The molecule has 0 bridgehead atoms. The summed E-state index contributed by atoms with van der Waals surface area (Å²) >= 11 is 0. The van der Waals surface area contributed by atoms with Crippen molar-refractivity contribution < 1.29 is 9.53 Å². The Morgan fingerprint density at radius 1 is 1.50 bits per heavy atom. The second-order valence-corrected chi connectivity index (χ2v) is 3.74. The molecule has 0 amide bonds. The van der Waals surface area contributed by atoms with E-state index >= 15 is 0 Å². The van der Waals surface area contributed by atoms with Crippen LogP contribution < -0.4 is 5.32 Å². The predicted octanol–water partition coefficient (Wildman–Crippen LogP) is 2.47. The molecule has 1 heterocycles. The largest absolute Gasteiger partial charge is 0.462 e. The highest BCUT2D eigenvalue weighted by Gasteiger charge is 2.05. The van der Waals surface area contributed by atoms with Gasteiger partial charge in [0.25, 0.3) is 0 Å². The Hall–Kier alpha value is -2.02. The summed E-state index contributed by atoms with van der Waals surface area (Å²) in [7, 11) is 0. The lowest BCUT2D eigenvalue weighted by molar-refractivity contribution is 0.0526. The molecule has 4 heteroatoms. The summed E-state index contributed by atoms with van der Waals surface area (Å²) in [6.45, 7) is 2.97. The number of carbonyl (C=O) groups excluding carboxylic acids is 1. The van der Waals surface area contributed by atoms with Gasteiger partial charge in [0.15, 0.2) is 0 Å². The number of unbranched alkanes of at least 4 members (excludes halogenated alkanes) is 2. The number of nitrogens with one attached hydrogen (secondary N) is 1. The molecule has 0 aliphatic carbocycles. The standard InChI is InChI=1S/C14H18N2O2/c1-3-5-6-7-10-15-13-9-8-12(11-16-13)14(17)18-4-2/h1,8-9,11H,4-7,10H2,2H3,(H,15,16). The van der Waals surface area contributed by atoms with Gasteiger partial charge in [-0.15, -0.1) is 12.3 Å². The van der Waals surface area contributed by atoms with Crippen molar-refractivity contribution in [2.75, 3.05) is 18.5 Å². The molecular weight excluding hydrogens is 228 g/mol. The summed E-state index contributed by atoms with van der Waals surface area (Å²) in [5.74, 6) is 3.01. The molecular formula is C14H18N2O2. The van der Waals surface area contributed by atoms with E-state index < -0.39 is 0 Å². The molecule has 1 rings (SSSR count). The van der Waals surface area contributed by atoms with Gasteiger partial charge in [-0.25, -0.2) is 9.78 Å². The quantitative estimate of drug-likeness (QED) is 0.456. The second-order valence-electron chi connectivity index (χ2n) is 3.74. The van der Waals surface area contributed by atoms with Crippen molar-refractivity contribution in [3.63, 3.8) is 0 Å². The molecule has 1 aromatic heterocycles. The number of terminal acetylenes is 1. The fourth-order valence-electron chi connectivity index (χ4n) is 1.40. The van der Waals surface area contributed by atoms with E-state index in [1.54, 1.807) is 19.1 Å². The molecule has 0 aliphatic rings. The van der Waals surface area contributed by atoms with Gasteiger partial charge >= 0.3 is 5.97 Å². The first-order chi connectivity index (χ1) is 8.77. The Kier molecular flexibility index (Phi) is 6.34. The predicted molar refractivity (Wildman–Crippen MR) is 71.4 cm³/mol. The first kappa shape index (κ1) is 14.0. The van der Waals surface area contributed by atoms with E-state index in [0.29, 0.717) is 12.2 Å². The normalized spacial score (nSPS) is 9.56. The minimum atomic E-state index is -0.342. The van der Waals surface area contributed by atoms with Crippen LogP contribution in [0.5, 0.6) is 0 Å². The van der Waals surface area contributed by atoms with E-state index in [9.17, 15) is 4.79 Å². The van der Waals surface area contributed by atoms with Crippen LogP contribution in [-0.2, 0) is 4.74 Å². The van der Waals surface area contributed by atoms with E-state index in [4.69, 9.17) is 11.2 Å². The van der Waals surface area contributed by atoms with Gasteiger partial charge < -0.3 is 10.1 Å². The molecule has 0 unspecified atom stereocenters. The number of hydrogen-bond acceptors (Lipinski definition) is 4. The van der Waals surface area contributed by atoms with Crippen LogP contribution in [0.4, 0.5) is 5.82 Å². The van der Waals surface area contributed by atoms with Crippen LogP contribution >= 0.6 is 0 Å². The number of nitrogens with zero attached hydrogens (tertiary/aromatic N) is 1. The molecule has 0 atom stereocenters. The van der Waals surface area contributed by atoms with Gasteiger partial charge in [-0.2, -0.15) is 0 Å². The Morgan fingerprint density at radius 3 is 2.94 bits per heavy atom. The highest BCUT2D eigenvalue weighted by atomic mass is 16.5. The molecule has 0 radical (unpaired) electrons. The SMILES string of the molecule is C#CCCCCNc1ccc(C(=O)OCC)cn1. The number of ether oxygens (including phenoxy) is 1. The van der Waals surface area contributed by atoms with Gasteiger partial charge in [0.1, 0.15) is 5.82 Å². The molecule has 0 saturated carbocycles. The van der Waals surface area contributed by atoms with Crippen molar-refractivity contribution in [3.8, 4) is 12.3 Å². The van der Waals surface area contributed by atoms with E-state index in [0.717, 1.165) is 31.6 Å². The fraction of sp³-hybridized carbons (Fsp3) is 0.429. The zero-order valence-electron chi connectivity index (χ0n) is 10.6. The zero-order valence-corrected chi connectivity index (χ0v) is 10.6. The van der Waals surface area contributed by atoms with Crippen LogP contribution in [0.2, 0.25) is 0 Å². The molecule has 0 aromatic carbocycles. The first-order valence-electron chi connectivity index (χ1n) is 6.08. The summed E-state index contributed by atoms with van der Waals surface area (Å²) in [5.41, 5.74) is 0.467. The zero-order chi connectivity index (χ0) is 13.2. The Labute approximate surface area is 108 Å². The Balaban J connectivity index is 2.36. The highest BCUT2D eigenvalue weighted by molar-refractivity contribution is 5.89. The van der Waals surface area contributed by atoms with Crippen LogP contribution in [0.15, 0.2) is 18.3 Å². The van der Waals surface area contributed by atoms with Gasteiger partial charge in [0.2, 0.25) is 0 Å². The van der Waals surface area contributed by atoms with Gasteiger partial charge in [-0.05, 0) is 31.9 Å². The number of hydrogen-bond donors (Lipinski definition) is 1. The second kappa shape index (κ2) is 8.13. The van der Waals surface area contributed by atoms with Crippen molar-refractivity contribution in [1.82, 2.24) is 4.98 Å². The number of pyridine rings is 1. The Morgan fingerprint density at radius 2 is 2.33 bits per heavy atom. The number of aromatic nitrogens is 1. The van der Waals surface area contributed by atoms with Crippen LogP contribution in [0.1, 0.15) is 36.5 Å². The van der Waals surface area contributed by atoms with Crippen molar-refractivity contribution in [2.45, 2.75) is 26.2 Å². The summed E-state index contributed by atoms with van der Waals surface area (Å²) in [6.07, 6.45) is 9.49. The molecule has 0 saturated heterocycles. The maximum Gasteiger partial charge on any atom is 0.339 e. The molecule has 18 heavy (non-hydrogen) atoms. The number of anilines is 1. The van der Waals surface area contributed by atoms with Crippen LogP contribution in [0.3, 0.4) is 0 Å². The lowest BCUT2D eigenvalue weighted by atomic mass is 10.2. The van der Waals surface area contributed by atoms with Crippen LogP contribution in [0.25, 0.3) is 0 Å². The summed E-state index contributed by atoms with van der Waals surface area (Å²) in [6, 6.07) is 3.47. The minimum Gasteiger partial charge on any atom is -0.462 e. The van der Waals surface area contributed by atoms with Gasteiger partial charge in [0, 0.05) is 19.2 Å². The fourth-order valence-corrected chi connectivity index (χ4v) is 1.40. The molecule has 0 fully saturated rings. The summed E-state index contributed by atoms with van der Waals surface area (Å²) in [5, 5.41) is 3.17. The third kappa shape index (κ3) is 4.88. The third-order valence-electron chi connectivity index (χ3n) is 2.33. The van der Waals surface area contributed by atoms with Gasteiger partial charge in [0.05, 0.1) is 12.2 Å². The van der Waals surface area contributed by atoms with E-state index in [1.165, 1.54) is 6.20 Å². The molecule has 96 valence electrons. The minimum absolute atomic E-state index is 0.342. The third-order valence-corrected chi connectivity index (χ3v) is 2.33. The maximum absolute atomic E-state index is 11.4. The number of carbonyl (C=O) groups is 1. The van der Waals surface area contributed by atoms with Crippen molar-refractivity contribution in [3.05, 3.63) is 23.9 Å². The summed E-state index contributed by atoms with van der Waals surface area (Å²) < 4.78 is 4.88. The smallest absolute Gasteiger partial charge is 0.339 e. The van der Waals surface area contributed by atoms with Gasteiger partial charge in [-0.3, -0.25) is 0 Å². The lowest BCUT2D eigenvalue weighted by Gasteiger charge is -2.05. The van der Waals surface area contributed by atoms with E-state index in [2.05, 4.69) is 16.2 Å². The average Bonchev–Trinajstić information content (AvgIpc) is 2.39. The van der Waals surface area contributed by atoms with Gasteiger partial charge in [-0.1, -0.05) is 0 Å². The first-order valence-corrected chi connectivity index (χ1v) is 6.08. The van der Waals surface area contributed by atoms with Crippen LogP contribution in [0, 0.1) is 12.3 Å². The monoisotopic (exact) mass is 246 g/mol. The van der Waals surface area contributed by atoms with E-state index in [-0.39, 0.29) is 5.97 Å². The molecule has 1 N–H and O–H groups in total. The van der Waals surface area contributed by atoms with Crippen molar-refractivity contribution in [1.29, 1.82) is 0 Å².